The zero-order valence-corrected chi connectivity index (χ0v) is 10.9. The highest BCUT2D eigenvalue weighted by Crippen LogP contribution is 2.15. The maximum Gasteiger partial charge on any atom is 0.184 e. The molecule has 0 aliphatic rings. The average Bonchev–Trinajstić information content (AvgIpc) is 2.27. The van der Waals surface area contributed by atoms with E-state index in [1.807, 2.05) is 24.3 Å². The average molecular weight is 302 g/mol. The molecule has 0 aliphatic carbocycles. The van der Waals surface area contributed by atoms with Gasteiger partial charge in [-0.2, -0.15) is 5.10 Å². The summed E-state index contributed by atoms with van der Waals surface area (Å²) in [4.78, 5) is 0. The zero-order valence-electron chi connectivity index (χ0n) is 8.52. The topological polar surface area (TPSA) is 59.6 Å². The van der Waals surface area contributed by atoms with Crippen LogP contribution in [0.25, 0.3) is 0 Å². The Kier molecular flexibility index (Phi) is 5.81. The molecule has 0 unspecified atom stereocenters. The van der Waals surface area contributed by atoms with E-state index in [2.05, 4.69) is 38.7 Å². The van der Waals surface area contributed by atoms with Crippen LogP contribution in [0, 0.1) is 0 Å². The molecule has 0 amide bonds. The van der Waals surface area contributed by atoms with Gasteiger partial charge in [-0.15, -0.1) is 0 Å². The molecule has 0 heterocycles. The highest BCUT2D eigenvalue weighted by atomic mass is 79.9. The summed E-state index contributed by atoms with van der Waals surface area (Å²) in [5.74, 6) is 0.774. The van der Waals surface area contributed by atoms with Gasteiger partial charge in [0.15, 0.2) is 5.11 Å². The van der Waals surface area contributed by atoms with Crippen molar-refractivity contribution in [1.29, 1.82) is 0 Å². The molecule has 0 spiro atoms. The minimum atomic E-state index is 0.134. The van der Waals surface area contributed by atoms with Crippen molar-refractivity contribution in [1.82, 2.24) is 5.43 Å². The van der Waals surface area contributed by atoms with Gasteiger partial charge in [0.25, 0.3) is 0 Å². The molecular weight excluding hydrogens is 290 g/mol. The quantitative estimate of drug-likeness (QED) is 0.376. The first-order chi connectivity index (χ1) is 7.74. The molecule has 0 aromatic heterocycles. The summed E-state index contributed by atoms with van der Waals surface area (Å²) in [6, 6.07) is 7.59. The first kappa shape index (κ1) is 12.9. The number of hydrogen-bond acceptors (Lipinski definition) is 3. The number of benzene rings is 1. The third kappa shape index (κ3) is 4.59. The number of hydrazone groups is 1. The van der Waals surface area contributed by atoms with Gasteiger partial charge in [0.1, 0.15) is 5.75 Å². The van der Waals surface area contributed by atoms with Gasteiger partial charge in [-0.1, -0.05) is 28.1 Å². The molecule has 4 nitrogen and oxygen atoms in total. The third-order valence-electron chi connectivity index (χ3n) is 1.63. The molecule has 0 saturated carbocycles. The van der Waals surface area contributed by atoms with Crippen LogP contribution < -0.4 is 15.9 Å². The molecule has 0 radical (unpaired) electrons. The third-order valence-corrected chi connectivity index (χ3v) is 2.05. The molecule has 0 atom stereocenters. The molecule has 16 heavy (non-hydrogen) atoms. The predicted octanol–water partition coefficient (Wildman–Crippen LogP) is 1.63. The number of ether oxygens (including phenoxy) is 1. The molecule has 0 fully saturated rings. The van der Waals surface area contributed by atoms with Gasteiger partial charge in [-0.3, -0.25) is 5.43 Å². The van der Waals surface area contributed by atoms with Crippen LogP contribution in [0.5, 0.6) is 5.75 Å². The lowest BCUT2D eigenvalue weighted by atomic mass is 10.2. The number of halogens is 1. The summed E-state index contributed by atoms with van der Waals surface area (Å²) in [5, 5.41) is 4.79. The Balaban J connectivity index is 2.70. The minimum absolute atomic E-state index is 0.134. The Labute approximate surface area is 108 Å². The highest BCUT2D eigenvalue weighted by Gasteiger charge is 1.99. The summed E-state index contributed by atoms with van der Waals surface area (Å²) >= 11 is 7.93. The molecule has 0 bridgehead atoms. The van der Waals surface area contributed by atoms with Gasteiger partial charge < -0.3 is 10.5 Å². The number of para-hydroxylation sites is 1. The van der Waals surface area contributed by atoms with Gasteiger partial charge in [0.2, 0.25) is 0 Å². The van der Waals surface area contributed by atoms with Gasteiger partial charge in [0, 0.05) is 10.9 Å². The maximum absolute atomic E-state index is 5.51. The second-order valence-electron chi connectivity index (χ2n) is 2.81. The van der Waals surface area contributed by atoms with Crippen molar-refractivity contribution in [3.63, 3.8) is 0 Å². The van der Waals surface area contributed by atoms with E-state index in [1.165, 1.54) is 0 Å². The maximum atomic E-state index is 5.51. The van der Waals surface area contributed by atoms with E-state index in [1.54, 1.807) is 6.21 Å². The van der Waals surface area contributed by atoms with Crippen LogP contribution in [-0.4, -0.2) is 23.3 Å². The first-order valence-corrected chi connectivity index (χ1v) is 6.13. The summed E-state index contributed by atoms with van der Waals surface area (Å²) < 4.78 is 5.51. The Morgan fingerprint density at radius 2 is 2.31 bits per heavy atom. The SMILES string of the molecule is NC(=S)NN=Cc1ccccc1OCCBr. The van der Waals surface area contributed by atoms with E-state index in [0.717, 1.165) is 16.6 Å². The van der Waals surface area contributed by atoms with Crippen LogP contribution in [0.2, 0.25) is 0 Å². The van der Waals surface area contributed by atoms with E-state index in [9.17, 15) is 0 Å². The van der Waals surface area contributed by atoms with Crippen LogP contribution >= 0.6 is 28.1 Å². The zero-order chi connectivity index (χ0) is 11.8. The van der Waals surface area contributed by atoms with E-state index >= 15 is 0 Å². The minimum Gasteiger partial charge on any atom is -0.492 e. The van der Waals surface area contributed by atoms with Crippen molar-refractivity contribution in [3.8, 4) is 5.75 Å². The van der Waals surface area contributed by atoms with Crippen molar-refractivity contribution < 1.29 is 4.74 Å². The van der Waals surface area contributed by atoms with Gasteiger partial charge >= 0.3 is 0 Å². The van der Waals surface area contributed by atoms with E-state index in [-0.39, 0.29) is 5.11 Å². The number of nitrogens with one attached hydrogen (secondary N) is 1. The molecule has 3 N–H and O–H groups in total. The van der Waals surface area contributed by atoms with Crippen molar-refractivity contribution in [2.75, 3.05) is 11.9 Å². The number of thiocarbonyl (C=S) groups is 1. The van der Waals surface area contributed by atoms with E-state index < -0.39 is 0 Å². The number of nitrogens with zero attached hydrogens (tertiary/aromatic N) is 1. The lowest BCUT2D eigenvalue weighted by molar-refractivity contribution is 0.344. The highest BCUT2D eigenvalue weighted by molar-refractivity contribution is 9.09. The standard InChI is InChI=1S/C10H12BrN3OS/c11-5-6-15-9-4-2-1-3-8(9)7-13-14-10(12)16/h1-4,7H,5-6H2,(H3,12,14,16). The van der Waals surface area contributed by atoms with Crippen LogP contribution in [0.4, 0.5) is 0 Å². The van der Waals surface area contributed by atoms with Crippen LogP contribution in [-0.2, 0) is 0 Å². The Morgan fingerprint density at radius 3 is 3.00 bits per heavy atom. The Morgan fingerprint density at radius 1 is 1.56 bits per heavy atom. The summed E-state index contributed by atoms with van der Waals surface area (Å²) in [6.07, 6.45) is 1.61. The fourth-order valence-corrected chi connectivity index (χ4v) is 1.25. The van der Waals surface area contributed by atoms with E-state index in [0.29, 0.717) is 6.61 Å². The van der Waals surface area contributed by atoms with Gasteiger partial charge in [-0.25, -0.2) is 0 Å². The van der Waals surface area contributed by atoms with E-state index in [4.69, 9.17) is 10.5 Å². The van der Waals surface area contributed by atoms with Crippen molar-refractivity contribution in [3.05, 3.63) is 29.8 Å². The molecule has 0 aliphatic heterocycles. The summed E-state index contributed by atoms with van der Waals surface area (Å²) in [5.41, 5.74) is 8.60. The molecule has 1 aromatic rings. The van der Waals surface area contributed by atoms with Crippen molar-refractivity contribution >= 4 is 39.5 Å². The van der Waals surface area contributed by atoms with Crippen molar-refractivity contribution in [2.45, 2.75) is 0 Å². The molecule has 86 valence electrons. The summed E-state index contributed by atoms with van der Waals surface area (Å²) in [7, 11) is 0. The Bertz CT molecular complexity index is 384. The molecule has 0 saturated heterocycles. The normalized spacial score (nSPS) is 10.3. The van der Waals surface area contributed by atoms with Gasteiger partial charge in [0.05, 0.1) is 12.8 Å². The van der Waals surface area contributed by atoms with Crippen LogP contribution in [0.15, 0.2) is 29.4 Å². The van der Waals surface area contributed by atoms with Crippen LogP contribution in [0.1, 0.15) is 5.56 Å². The molecule has 1 rings (SSSR count). The number of alkyl halides is 1. The second-order valence-corrected chi connectivity index (χ2v) is 4.04. The number of nitrogens with two attached hydrogens (primary N) is 1. The largest absolute Gasteiger partial charge is 0.492 e. The lowest BCUT2D eigenvalue weighted by Gasteiger charge is -2.06. The Hall–Kier alpha value is -1.14. The molecule has 6 heteroatoms. The first-order valence-electron chi connectivity index (χ1n) is 4.60. The monoisotopic (exact) mass is 301 g/mol. The van der Waals surface area contributed by atoms with Crippen LogP contribution in [0.3, 0.4) is 0 Å². The predicted molar refractivity (Wildman–Crippen MR) is 73.2 cm³/mol. The van der Waals surface area contributed by atoms with Gasteiger partial charge in [-0.05, 0) is 24.4 Å². The second kappa shape index (κ2) is 7.19. The summed E-state index contributed by atoms with van der Waals surface area (Å²) in [6.45, 7) is 0.605. The van der Waals surface area contributed by atoms with Crippen molar-refractivity contribution in [2.24, 2.45) is 10.8 Å². The fourth-order valence-electron chi connectivity index (χ4n) is 1.03. The molecular formula is C10H12BrN3OS. The lowest BCUT2D eigenvalue weighted by Crippen LogP contribution is -2.24. The fraction of sp³-hybridized carbons (Fsp3) is 0.200. The smallest absolute Gasteiger partial charge is 0.184 e. The number of rotatable bonds is 5. The molecule has 1 aromatic carbocycles. The number of hydrogen-bond donors (Lipinski definition) is 2.